The van der Waals surface area contributed by atoms with Crippen LogP contribution < -0.4 is 16.0 Å². The van der Waals surface area contributed by atoms with Crippen LogP contribution in [0.4, 0.5) is 8.78 Å². The number of ether oxygens (including phenoxy) is 1. The summed E-state index contributed by atoms with van der Waals surface area (Å²) in [5.41, 5.74) is 2.30. The predicted octanol–water partition coefficient (Wildman–Crippen LogP) is 2.81. The third kappa shape index (κ3) is 4.11. The topological polar surface area (TPSA) is 47.3 Å². The molecule has 0 spiro atoms. The lowest BCUT2D eigenvalue weighted by Crippen LogP contribution is -2.37. The van der Waals surface area contributed by atoms with Gasteiger partial charge in [-0.25, -0.2) is 5.43 Å². The molecule has 17 heavy (non-hydrogen) atoms. The van der Waals surface area contributed by atoms with Gasteiger partial charge in [0.25, 0.3) is 0 Å². The summed E-state index contributed by atoms with van der Waals surface area (Å²) in [5.74, 6) is 5.69. The Morgan fingerprint density at radius 1 is 1.41 bits per heavy atom. The quantitative estimate of drug-likeness (QED) is 0.472. The molecule has 0 aliphatic heterocycles. The second-order valence-corrected chi connectivity index (χ2v) is 4.06. The predicted molar refractivity (Wildman–Crippen MR) is 63.1 cm³/mol. The third-order valence-electron chi connectivity index (χ3n) is 2.18. The normalized spacial score (nSPS) is 13.5. The van der Waals surface area contributed by atoms with E-state index in [9.17, 15) is 8.78 Å². The lowest BCUT2D eigenvalue weighted by Gasteiger charge is -2.21. The molecule has 0 heterocycles. The number of hydrazine groups is 1. The number of nitrogens with two attached hydrogens (primary N) is 1. The van der Waals surface area contributed by atoms with Crippen LogP contribution in [0, 0.1) is 0 Å². The maximum absolute atomic E-state index is 13.0. The molecule has 1 rings (SSSR count). The van der Waals surface area contributed by atoms with Crippen LogP contribution in [0.3, 0.4) is 0 Å². The highest BCUT2D eigenvalue weighted by Crippen LogP contribution is 2.34. The van der Waals surface area contributed by atoms with Crippen molar-refractivity contribution in [3.8, 4) is 5.75 Å². The standard InChI is InChI=1S/C11H15ClF2N2O/c1-2-7-17-9-5-3-8(4-6-9)10(16-15)11(12,13)14/h3-6,10,16H,2,7,15H2,1H3. The van der Waals surface area contributed by atoms with Crippen molar-refractivity contribution in [2.45, 2.75) is 24.8 Å². The van der Waals surface area contributed by atoms with Gasteiger partial charge in [-0.3, -0.25) is 5.84 Å². The molecule has 1 aromatic rings. The molecular weight excluding hydrogens is 250 g/mol. The third-order valence-corrected chi connectivity index (χ3v) is 2.40. The van der Waals surface area contributed by atoms with Crippen LogP contribution in [0.2, 0.25) is 0 Å². The molecule has 1 unspecified atom stereocenters. The van der Waals surface area contributed by atoms with Crippen LogP contribution in [-0.2, 0) is 0 Å². The summed E-state index contributed by atoms with van der Waals surface area (Å²) in [7, 11) is 0. The number of hydrogen-bond acceptors (Lipinski definition) is 3. The van der Waals surface area contributed by atoms with E-state index in [-0.39, 0.29) is 0 Å². The Morgan fingerprint density at radius 3 is 2.41 bits per heavy atom. The number of alkyl halides is 3. The molecule has 0 amide bonds. The monoisotopic (exact) mass is 264 g/mol. The number of hydrogen-bond donors (Lipinski definition) is 2. The molecule has 96 valence electrons. The first kappa shape index (κ1) is 14.2. The molecule has 0 saturated heterocycles. The van der Waals surface area contributed by atoms with Crippen LogP contribution >= 0.6 is 11.6 Å². The summed E-state index contributed by atoms with van der Waals surface area (Å²) in [6, 6.07) is 4.80. The van der Waals surface area contributed by atoms with Gasteiger partial charge in [0.1, 0.15) is 11.8 Å². The van der Waals surface area contributed by atoms with Crippen molar-refractivity contribution in [3.63, 3.8) is 0 Å². The number of halogens is 3. The maximum Gasteiger partial charge on any atom is 0.342 e. The molecule has 0 aliphatic carbocycles. The zero-order valence-corrected chi connectivity index (χ0v) is 10.2. The molecule has 0 fully saturated rings. The van der Waals surface area contributed by atoms with Crippen LogP contribution in [0.15, 0.2) is 24.3 Å². The molecule has 6 heteroatoms. The Kier molecular flexibility index (Phi) is 5.11. The fourth-order valence-corrected chi connectivity index (χ4v) is 1.55. The second-order valence-electron chi connectivity index (χ2n) is 3.56. The minimum atomic E-state index is -3.44. The molecule has 0 bridgehead atoms. The van der Waals surface area contributed by atoms with Gasteiger partial charge < -0.3 is 4.74 Å². The lowest BCUT2D eigenvalue weighted by molar-refractivity contribution is 0.0497. The Bertz CT molecular complexity index is 340. The van der Waals surface area contributed by atoms with Gasteiger partial charge in [-0.2, -0.15) is 8.78 Å². The van der Waals surface area contributed by atoms with Crippen molar-refractivity contribution < 1.29 is 13.5 Å². The van der Waals surface area contributed by atoms with E-state index in [1.54, 1.807) is 12.1 Å². The first-order valence-electron chi connectivity index (χ1n) is 5.24. The highest BCUT2D eigenvalue weighted by atomic mass is 35.5. The molecule has 0 aliphatic rings. The summed E-state index contributed by atoms with van der Waals surface area (Å²) in [6.45, 7) is 2.57. The SMILES string of the molecule is CCCOc1ccc(C(NN)C(F)(F)Cl)cc1. The number of rotatable bonds is 6. The van der Waals surface area contributed by atoms with Gasteiger partial charge in [0.05, 0.1) is 6.61 Å². The van der Waals surface area contributed by atoms with Crippen LogP contribution in [0.5, 0.6) is 5.75 Å². The average molecular weight is 265 g/mol. The summed E-state index contributed by atoms with van der Waals surface area (Å²) >= 11 is 4.95. The van der Waals surface area contributed by atoms with E-state index in [2.05, 4.69) is 0 Å². The molecule has 0 radical (unpaired) electrons. The van der Waals surface area contributed by atoms with Gasteiger partial charge >= 0.3 is 5.38 Å². The van der Waals surface area contributed by atoms with Gasteiger partial charge in [-0.15, -0.1) is 0 Å². The fraction of sp³-hybridized carbons (Fsp3) is 0.455. The van der Waals surface area contributed by atoms with E-state index >= 15 is 0 Å². The molecule has 0 saturated carbocycles. The van der Waals surface area contributed by atoms with Crippen LogP contribution in [0.1, 0.15) is 24.9 Å². The van der Waals surface area contributed by atoms with E-state index in [0.29, 0.717) is 17.9 Å². The van der Waals surface area contributed by atoms with E-state index in [1.807, 2.05) is 12.3 Å². The summed E-state index contributed by atoms with van der Waals surface area (Å²) in [5, 5.41) is -3.44. The highest BCUT2D eigenvalue weighted by molar-refractivity contribution is 6.22. The minimum absolute atomic E-state index is 0.302. The largest absolute Gasteiger partial charge is 0.494 e. The van der Waals surface area contributed by atoms with Crippen molar-refractivity contribution in [3.05, 3.63) is 29.8 Å². The van der Waals surface area contributed by atoms with Gasteiger partial charge in [-0.05, 0) is 35.7 Å². The maximum atomic E-state index is 13.0. The number of benzene rings is 1. The summed E-state index contributed by atoms with van der Waals surface area (Å²) in [6.07, 6.45) is 0.883. The van der Waals surface area contributed by atoms with Gasteiger partial charge in [0.15, 0.2) is 0 Å². The van der Waals surface area contributed by atoms with Gasteiger partial charge in [0, 0.05) is 0 Å². The first-order chi connectivity index (χ1) is 7.99. The van der Waals surface area contributed by atoms with E-state index in [1.165, 1.54) is 12.1 Å². The zero-order valence-electron chi connectivity index (χ0n) is 9.42. The molecule has 1 atom stereocenters. The smallest absolute Gasteiger partial charge is 0.342 e. The Hall–Kier alpha value is -0.910. The van der Waals surface area contributed by atoms with Crippen molar-refractivity contribution in [2.75, 3.05) is 6.61 Å². The summed E-state index contributed by atoms with van der Waals surface area (Å²) in [4.78, 5) is 0. The Labute approximate surface area is 104 Å². The summed E-state index contributed by atoms with van der Waals surface area (Å²) < 4.78 is 31.3. The highest BCUT2D eigenvalue weighted by Gasteiger charge is 2.37. The minimum Gasteiger partial charge on any atom is -0.494 e. The molecule has 3 N–H and O–H groups in total. The average Bonchev–Trinajstić information content (AvgIpc) is 2.27. The van der Waals surface area contributed by atoms with Gasteiger partial charge in [-0.1, -0.05) is 19.1 Å². The lowest BCUT2D eigenvalue weighted by atomic mass is 10.1. The first-order valence-corrected chi connectivity index (χ1v) is 5.62. The van der Waals surface area contributed by atoms with E-state index in [0.717, 1.165) is 6.42 Å². The van der Waals surface area contributed by atoms with E-state index in [4.69, 9.17) is 22.2 Å². The van der Waals surface area contributed by atoms with Crippen LogP contribution in [-0.4, -0.2) is 12.0 Å². The Morgan fingerprint density at radius 2 is 2.00 bits per heavy atom. The zero-order chi connectivity index (χ0) is 12.9. The fourth-order valence-electron chi connectivity index (χ4n) is 1.36. The van der Waals surface area contributed by atoms with Crippen LogP contribution in [0.25, 0.3) is 0 Å². The Balaban J connectivity index is 2.78. The van der Waals surface area contributed by atoms with Crippen molar-refractivity contribution in [1.29, 1.82) is 0 Å². The molecular formula is C11H15ClF2N2O. The molecule has 0 aromatic heterocycles. The van der Waals surface area contributed by atoms with Gasteiger partial charge in [0.2, 0.25) is 0 Å². The molecule has 3 nitrogen and oxygen atoms in total. The van der Waals surface area contributed by atoms with Crippen molar-refractivity contribution >= 4 is 11.6 Å². The number of nitrogens with one attached hydrogen (secondary N) is 1. The van der Waals surface area contributed by atoms with E-state index < -0.39 is 11.4 Å². The van der Waals surface area contributed by atoms with Crippen molar-refractivity contribution in [2.24, 2.45) is 5.84 Å². The molecule has 1 aromatic carbocycles. The van der Waals surface area contributed by atoms with Crippen molar-refractivity contribution in [1.82, 2.24) is 5.43 Å². The second kappa shape index (κ2) is 6.14.